The van der Waals surface area contributed by atoms with Gasteiger partial charge in [0.15, 0.2) is 0 Å². The van der Waals surface area contributed by atoms with E-state index < -0.39 is 0 Å². The minimum Gasteiger partial charge on any atom is -0.497 e. The SMILES string of the molecule is COc1ccc(OC)c(-c2cncc(N3CCN4CCCC(C4)C3)c2)c1.[CH2]. The smallest absolute Gasteiger partial charge is 0.127 e. The second-order valence-corrected chi connectivity index (χ2v) is 7.25. The van der Waals surface area contributed by atoms with Gasteiger partial charge >= 0.3 is 0 Å². The molecular formula is C22H29N3O2. The quantitative estimate of drug-likeness (QED) is 0.825. The molecule has 2 saturated heterocycles. The van der Waals surface area contributed by atoms with Crippen LogP contribution in [-0.2, 0) is 0 Å². The van der Waals surface area contributed by atoms with E-state index in [0.717, 1.165) is 48.2 Å². The van der Waals surface area contributed by atoms with Gasteiger partial charge < -0.3 is 19.3 Å². The monoisotopic (exact) mass is 367 g/mol. The lowest BCUT2D eigenvalue weighted by atomic mass is 9.98. The molecule has 2 unspecified atom stereocenters. The van der Waals surface area contributed by atoms with Gasteiger partial charge in [0.25, 0.3) is 0 Å². The first-order chi connectivity index (χ1) is 12.8. The summed E-state index contributed by atoms with van der Waals surface area (Å²) in [6, 6.07) is 8.11. The highest BCUT2D eigenvalue weighted by Gasteiger charge is 2.26. The molecule has 1 aromatic carbocycles. The molecule has 3 heterocycles. The molecule has 5 heteroatoms. The number of anilines is 1. The van der Waals surface area contributed by atoms with Gasteiger partial charge in [-0.1, -0.05) is 7.43 Å². The molecule has 0 spiro atoms. The van der Waals surface area contributed by atoms with E-state index in [4.69, 9.17) is 9.47 Å². The van der Waals surface area contributed by atoms with Crippen molar-refractivity contribution in [3.05, 3.63) is 44.1 Å². The molecule has 144 valence electrons. The molecule has 2 atom stereocenters. The molecular weight excluding hydrogens is 338 g/mol. The normalized spacial score (nSPS) is 21.8. The van der Waals surface area contributed by atoms with E-state index in [1.54, 1.807) is 14.2 Å². The van der Waals surface area contributed by atoms with Crippen molar-refractivity contribution in [2.24, 2.45) is 5.92 Å². The molecule has 2 aromatic rings. The first kappa shape index (κ1) is 19.5. The van der Waals surface area contributed by atoms with E-state index in [9.17, 15) is 0 Å². The van der Waals surface area contributed by atoms with E-state index in [0.29, 0.717) is 0 Å². The molecule has 4 rings (SSSR count). The molecule has 2 fully saturated rings. The lowest BCUT2D eigenvalue weighted by molar-refractivity contribution is 0.201. The van der Waals surface area contributed by atoms with Gasteiger partial charge in [0.1, 0.15) is 11.5 Å². The lowest BCUT2D eigenvalue weighted by Gasteiger charge is -2.29. The molecule has 0 N–H and O–H groups in total. The third-order valence-electron chi connectivity index (χ3n) is 5.57. The average Bonchev–Trinajstić information content (AvgIpc) is 2.85. The fraction of sp³-hybridized carbons (Fsp3) is 0.455. The minimum atomic E-state index is 0. The zero-order valence-corrected chi connectivity index (χ0v) is 16.4. The van der Waals surface area contributed by atoms with Crippen molar-refractivity contribution >= 4 is 5.69 Å². The molecule has 0 amide bonds. The van der Waals surface area contributed by atoms with Gasteiger partial charge in [0, 0.05) is 43.5 Å². The number of rotatable bonds is 4. The van der Waals surface area contributed by atoms with Gasteiger partial charge in [0.05, 0.1) is 26.1 Å². The minimum absolute atomic E-state index is 0. The number of hydrogen-bond acceptors (Lipinski definition) is 5. The molecule has 1 aromatic heterocycles. The van der Waals surface area contributed by atoms with Gasteiger partial charge in [-0.15, -0.1) is 0 Å². The van der Waals surface area contributed by atoms with Crippen LogP contribution in [0.15, 0.2) is 36.7 Å². The lowest BCUT2D eigenvalue weighted by Crippen LogP contribution is -2.35. The highest BCUT2D eigenvalue weighted by Crippen LogP contribution is 2.35. The van der Waals surface area contributed by atoms with E-state index in [1.165, 1.54) is 31.6 Å². The van der Waals surface area contributed by atoms with Crippen molar-refractivity contribution < 1.29 is 9.47 Å². The number of fused-ring (bicyclic) bond motifs is 2. The Kier molecular flexibility index (Phi) is 6.22. The molecule has 2 aliphatic rings. The Morgan fingerprint density at radius 2 is 1.89 bits per heavy atom. The van der Waals surface area contributed by atoms with Crippen LogP contribution in [0.25, 0.3) is 11.1 Å². The fourth-order valence-corrected chi connectivity index (χ4v) is 4.19. The Morgan fingerprint density at radius 1 is 1.00 bits per heavy atom. The summed E-state index contributed by atoms with van der Waals surface area (Å²) < 4.78 is 11.0. The number of nitrogens with zero attached hydrogens (tertiary/aromatic N) is 3. The number of aromatic nitrogens is 1. The maximum atomic E-state index is 5.56. The Morgan fingerprint density at radius 3 is 2.70 bits per heavy atom. The van der Waals surface area contributed by atoms with E-state index >= 15 is 0 Å². The second-order valence-electron chi connectivity index (χ2n) is 7.25. The van der Waals surface area contributed by atoms with E-state index in [-0.39, 0.29) is 7.43 Å². The van der Waals surface area contributed by atoms with Gasteiger partial charge in [-0.2, -0.15) is 0 Å². The summed E-state index contributed by atoms with van der Waals surface area (Å²) in [6.07, 6.45) is 6.56. The first-order valence-electron chi connectivity index (χ1n) is 9.41. The van der Waals surface area contributed by atoms with Crippen molar-refractivity contribution in [2.75, 3.05) is 51.8 Å². The van der Waals surface area contributed by atoms with Gasteiger partial charge in [-0.25, -0.2) is 0 Å². The van der Waals surface area contributed by atoms with Crippen LogP contribution in [0, 0.1) is 13.3 Å². The Hall–Kier alpha value is -2.27. The number of methoxy groups -OCH3 is 2. The van der Waals surface area contributed by atoms with Crippen molar-refractivity contribution in [3.63, 3.8) is 0 Å². The zero-order valence-electron chi connectivity index (χ0n) is 16.4. The predicted octanol–water partition coefficient (Wildman–Crippen LogP) is 3.63. The molecule has 2 radical (unpaired) electrons. The van der Waals surface area contributed by atoms with Crippen LogP contribution >= 0.6 is 0 Å². The van der Waals surface area contributed by atoms with Crippen molar-refractivity contribution in [1.82, 2.24) is 9.88 Å². The molecule has 0 saturated carbocycles. The van der Waals surface area contributed by atoms with E-state index in [2.05, 4.69) is 20.9 Å². The van der Waals surface area contributed by atoms with Crippen LogP contribution in [0.5, 0.6) is 11.5 Å². The third-order valence-corrected chi connectivity index (χ3v) is 5.57. The summed E-state index contributed by atoms with van der Waals surface area (Å²) in [7, 11) is 3.39. The Bertz CT molecular complexity index is 765. The molecule has 27 heavy (non-hydrogen) atoms. The highest BCUT2D eigenvalue weighted by molar-refractivity contribution is 5.74. The van der Waals surface area contributed by atoms with E-state index in [1.807, 2.05) is 30.6 Å². The van der Waals surface area contributed by atoms with Crippen LogP contribution < -0.4 is 14.4 Å². The fourth-order valence-electron chi connectivity index (χ4n) is 4.19. The highest BCUT2D eigenvalue weighted by atomic mass is 16.5. The van der Waals surface area contributed by atoms with Crippen molar-refractivity contribution in [1.29, 1.82) is 0 Å². The number of hydrogen-bond donors (Lipinski definition) is 0. The summed E-state index contributed by atoms with van der Waals surface area (Å²) in [4.78, 5) is 9.64. The maximum Gasteiger partial charge on any atom is 0.127 e. The summed E-state index contributed by atoms with van der Waals surface area (Å²) in [5.74, 6) is 2.42. The Labute approximate surface area is 162 Å². The molecule has 2 bridgehead atoms. The number of benzene rings is 1. The first-order valence-corrected chi connectivity index (χ1v) is 9.41. The summed E-state index contributed by atoms with van der Waals surface area (Å²) >= 11 is 0. The molecule has 2 aliphatic heterocycles. The van der Waals surface area contributed by atoms with Crippen LogP contribution in [0.1, 0.15) is 12.8 Å². The van der Waals surface area contributed by atoms with Crippen LogP contribution in [-0.4, -0.2) is 56.8 Å². The number of ether oxygens (including phenoxy) is 2. The summed E-state index contributed by atoms with van der Waals surface area (Å²) in [5, 5.41) is 0. The van der Waals surface area contributed by atoms with Crippen LogP contribution in [0.4, 0.5) is 5.69 Å². The molecule has 5 nitrogen and oxygen atoms in total. The topological polar surface area (TPSA) is 37.8 Å². The third kappa shape index (κ3) is 4.19. The van der Waals surface area contributed by atoms with Gasteiger partial charge in [-0.3, -0.25) is 4.98 Å². The predicted molar refractivity (Wildman–Crippen MR) is 110 cm³/mol. The van der Waals surface area contributed by atoms with Crippen LogP contribution in [0.3, 0.4) is 0 Å². The Balaban J connectivity index is 0.00000210. The van der Waals surface area contributed by atoms with Crippen molar-refractivity contribution in [2.45, 2.75) is 12.8 Å². The zero-order chi connectivity index (χ0) is 17.9. The average molecular weight is 367 g/mol. The van der Waals surface area contributed by atoms with Gasteiger partial charge in [0.2, 0.25) is 0 Å². The summed E-state index contributed by atoms with van der Waals surface area (Å²) in [5.41, 5.74) is 3.27. The summed E-state index contributed by atoms with van der Waals surface area (Å²) in [6.45, 7) is 5.83. The second kappa shape index (κ2) is 8.61. The number of pyridine rings is 1. The van der Waals surface area contributed by atoms with Gasteiger partial charge in [-0.05, 0) is 49.6 Å². The largest absolute Gasteiger partial charge is 0.497 e. The molecule has 0 aliphatic carbocycles. The maximum absolute atomic E-state index is 5.56. The standard InChI is InChI=1S/C21H27N3O2.CH2/c1-25-19-5-6-21(26-2)20(11-19)17-10-18(13-22-12-17)24-9-8-23-7-3-4-16(14-23)15-24;/h5-6,10-13,16H,3-4,7-9,14-15H2,1-2H3;1H2. The number of piperidine rings is 1. The van der Waals surface area contributed by atoms with Crippen LogP contribution in [0.2, 0.25) is 0 Å². The van der Waals surface area contributed by atoms with Crippen molar-refractivity contribution in [3.8, 4) is 22.6 Å².